The molecule has 6 nitrogen and oxygen atoms in total. The van der Waals surface area contributed by atoms with Crippen LogP contribution < -0.4 is 9.47 Å². The predicted molar refractivity (Wildman–Crippen MR) is 150 cm³/mol. The molecule has 172 valence electrons. The largest absolute Gasteiger partial charge is 0.493 e. The first-order chi connectivity index (χ1) is 16.2. The van der Waals surface area contributed by atoms with Crippen LogP contribution in [-0.4, -0.2) is 24.9 Å². The molecule has 0 N–H and O–H groups in total. The Morgan fingerprint density at radius 2 is 1.82 bits per heavy atom. The van der Waals surface area contributed by atoms with Gasteiger partial charge >= 0.3 is 11.9 Å². The second-order valence-electron chi connectivity index (χ2n) is 6.90. The number of carbonyl (C=O) groups is 2. The van der Waals surface area contributed by atoms with Crippen LogP contribution in [0.2, 0.25) is 5.02 Å². The van der Waals surface area contributed by atoms with Crippen molar-refractivity contribution >= 4 is 96.6 Å². The van der Waals surface area contributed by atoms with E-state index in [-0.39, 0.29) is 17.3 Å². The summed E-state index contributed by atoms with van der Waals surface area (Å²) in [6.07, 6.45) is 1.59. The number of hydrogen-bond acceptors (Lipinski definition) is 6. The summed E-state index contributed by atoms with van der Waals surface area (Å²) in [6.45, 7) is 0. The Labute approximate surface area is 235 Å². The van der Waals surface area contributed by atoms with Crippen LogP contribution >= 0.6 is 72.7 Å². The van der Waals surface area contributed by atoms with Gasteiger partial charge in [0.1, 0.15) is 0 Å². The number of halogens is 4. The highest BCUT2D eigenvalue weighted by atomic mass is 127. The molecule has 0 amide bonds. The second kappa shape index (κ2) is 10.8. The van der Waals surface area contributed by atoms with Crippen LogP contribution in [0.25, 0.3) is 6.08 Å². The molecule has 0 saturated heterocycles. The molecular formula is C24H13BrClI2NO5. The molecule has 0 radical (unpaired) electrons. The zero-order chi connectivity index (χ0) is 24.4. The van der Waals surface area contributed by atoms with E-state index in [1.165, 1.54) is 7.11 Å². The monoisotopic (exact) mass is 763 g/mol. The maximum atomic E-state index is 12.5. The third kappa shape index (κ3) is 5.64. The van der Waals surface area contributed by atoms with Crippen molar-refractivity contribution in [2.24, 2.45) is 4.99 Å². The van der Waals surface area contributed by atoms with Crippen molar-refractivity contribution in [1.82, 2.24) is 0 Å². The molecule has 0 bridgehead atoms. The maximum absolute atomic E-state index is 12.5. The Morgan fingerprint density at radius 1 is 1.09 bits per heavy atom. The van der Waals surface area contributed by atoms with Crippen LogP contribution in [0.4, 0.5) is 0 Å². The molecule has 3 aromatic rings. The molecule has 0 aromatic heterocycles. The summed E-state index contributed by atoms with van der Waals surface area (Å²) in [7, 11) is 1.47. The van der Waals surface area contributed by atoms with E-state index in [4.69, 9.17) is 25.8 Å². The highest BCUT2D eigenvalue weighted by molar-refractivity contribution is 14.1. The van der Waals surface area contributed by atoms with Crippen molar-refractivity contribution in [2.75, 3.05) is 7.11 Å². The van der Waals surface area contributed by atoms with E-state index in [1.54, 1.807) is 42.5 Å². The second-order valence-corrected chi connectivity index (χ2v) is 10.5. The van der Waals surface area contributed by atoms with Gasteiger partial charge in [-0.3, -0.25) is 0 Å². The first-order valence-electron chi connectivity index (χ1n) is 9.58. The molecule has 10 heteroatoms. The van der Waals surface area contributed by atoms with Crippen molar-refractivity contribution in [3.05, 3.63) is 93.6 Å². The van der Waals surface area contributed by atoms with Crippen LogP contribution in [-0.2, 0) is 9.53 Å². The van der Waals surface area contributed by atoms with Crippen molar-refractivity contribution in [3.8, 4) is 11.5 Å². The van der Waals surface area contributed by atoms with Crippen molar-refractivity contribution < 1.29 is 23.8 Å². The van der Waals surface area contributed by atoms with Gasteiger partial charge in [0.05, 0.1) is 16.2 Å². The minimum Gasteiger partial charge on any atom is -0.493 e. The average Bonchev–Trinajstić information content (AvgIpc) is 3.17. The molecule has 0 fully saturated rings. The number of hydrogen-bond donors (Lipinski definition) is 0. The lowest BCUT2D eigenvalue weighted by Crippen LogP contribution is -2.10. The quantitative estimate of drug-likeness (QED) is 0.123. The Hall–Kier alpha value is -1.96. The lowest BCUT2D eigenvalue weighted by Gasteiger charge is -2.12. The van der Waals surface area contributed by atoms with E-state index < -0.39 is 11.9 Å². The third-order valence-corrected chi connectivity index (χ3v) is 8.01. The van der Waals surface area contributed by atoms with Crippen LogP contribution in [0.1, 0.15) is 21.5 Å². The normalized spacial score (nSPS) is 14.1. The van der Waals surface area contributed by atoms with E-state index in [1.807, 2.05) is 40.8 Å². The summed E-state index contributed by atoms with van der Waals surface area (Å²) < 4.78 is 18.9. The lowest BCUT2D eigenvalue weighted by molar-refractivity contribution is -0.129. The number of benzene rings is 3. The zero-order valence-corrected chi connectivity index (χ0v) is 23.9. The molecule has 0 saturated carbocycles. The highest BCUT2D eigenvalue weighted by Gasteiger charge is 2.25. The van der Waals surface area contributed by atoms with Gasteiger partial charge in [0.25, 0.3) is 0 Å². The minimum atomic E-state index is -0.558. The van der Waals surface area contributed by atoms with E-state index in [9.17, 15) is 9.59 Å². The van der Waals surface area contributed by atoms with Crippen molar-refractivity contribution in [3.63, 3.8) is 0 Å². The zero-order valence-electron chi connectivity index (χ0n) is 17.3. The summed E-state index contributed by atoms with van der Waals surface area (Å²) in [5.41, 5.74) is 1.81. The standard InChI is InChI=1S/C24H13BrClI2NO5/c1-32-20-10-12(8-18(28)21(20)33-23(30)13-2-5-15(26)6-3-13)9-19-24(31)34-22(29-19)14-4-7-17(27)16(25)11-14/h2-11H,1H3/b19-9-. The average molecular weight is 765 g/mol. The number of nitrogens with zero attached hydrogens (tertiary/aromatic N) is 1. The Kier molecular flexibility index (Phi) is 7.95. The fraction of sp³-hybridized carbons (Fsp3) is 0.0417. The van der Waals surface area contributed by atoms with Gasteiger partial charge in [0, 0.05) is 18.6 Å². The summed E-state index contributed by atoms with van der Waals surface area (Å²) in [5.74, 6) is -0.276. The van der Waals surface area contributed by atoms with Gasteiger partial charge in [0.15, 0.2) is 17.2 Å². The molecule has 1 heterocycles. The number of cyclic esters (lactones) is 1. The third-order valence-electron chi connectivity index (χ3n) is 4.62. The molecule has 1 aliphatic heterocycles. The number of rotatable bonds is 5. The van der Waals surface area contributed by atoms with Gasteiger partial charge < -0.3 is 14.2 Å². The van der Waals surface area contributed by atoms with E-state index >= 15 is 0 Å². The smallest absolute Gasteiger partial charge is 0.363 e. The molecule has 34 heavy (non-hydrogen) atoms. The van der Waals surface area contributed by atoms with Gasteiger partial charge in [-0.05, 0) is 127 Å². The maximum Gasteiger partial charge on any atom is 0.363 e. The number of esters is 2. The number of ether oxygens (including phenoxy) is 3. The molecule has 3 aromatic carbocycles. The number of aliphatic imine (C=N–C) groups is 1. The topological polar surface area (TPSA) is 74.2 Å². The molecule has 0 unspecified atom stereocenters. The summed E-state index contributed by atoms with van der Waals surface area (Å²) in [5, 5.41) is 0.520. The van der Waals surface area contributed by atoms with Crippen LogP contribution in [0.3, 0.4) is 0 Å². The van der Waals surface area contributed by atoms with Crippen molar-refractivity contribution in [2.45, 2.75) is 0 Å². The predicted octanol–water partition coefficient (Wildman–Crippen LogP) is 6.88. The van der Waals surface area contributed by atoms with E-state index in [0.29, 0.717) is 31.0 Å². The van der Waals surface area contributed by atoms with Crippen LogP contribution in [0, 0.1) is 7.14 Å². The van der Waals surface area contributed by atoms with Crippen molar-refractivity contribution in [1.29, 1.82) is 0 Å². The van der Waals surface area contributed by atoms with Gasteiger partial charge in [-0.25, -0.2) is 14.6 Å². The molecule has 4 rings (SSSR count). The lowest BCUT2D eigenvalue weighted by atomic mass is 10.1. The summed E-state index contributed by atoms with van der Waals surface area (Å²) >= 11 is 13.6. The molecule has 0 spiro atoms. The minimum absolute atomic E-state index is 0.147. The number of carbonyl (C=O) groups excluding carboxylic acids is 2. The highest BCUT2D eigenvalue weighted by Crippen LogP contribution is 2.36. The molecule has 1 aliphatic rings. The summed E-state index contributed by atoms with van der Waals surface area (Å²) in [4.78, 5) is 29.3. The van der Waals surface area contributed by atoms with Crippen LogP contribution in [0.5, 0.6) is 11.5 Å². The Balaban J connectivity index is 1.62. The van der Waals surface area contributed by atoms with E-state index in [0.717, 1.165) is 8.04 Å². The molecule has 0 atom stereocenters. The van der Waals surface area contributed by atoms with Gasteiger partial charge in [-0.1, -0.05) is 11.6 Å². The van der Waals surface area contributed by atoms with E-state index in [2.05, 4.69) is 43.5 Å². The Morgan fingerprint density at radius 3 is 2.50 bits per heavy atom. The van der Waals surface area contributed by atoms with Gasteiger partial charge in [0.2, 0.25) is 5.90 Å². The van der Waals surface area contributed by atoms with Crippen LogP contribution in [0.15, 0.2) is 69.8 Å². The van der Waals surface area contributed by atoms with Gasteiger partial charge in [-0.15, -0.1) is 0 Å². The molecular weight excluding hydrogens is 751 g/mol. The Bertz CT molecular complexity index is 1370. The fourth-order valence-corrected chi connectivity index (χ4v) is 4.56. The number of methoxy groups -OCH3 is 1. The first kappa shape index (κ1) is 25.1. The first-order valence-corrected chi connectivity index (χ1v) is 12.9. The summed E-state index contributed by atoms with van der Waals surface area (Å²) in [6, 6.07) is 15.4. The fourth-order valence-electron chi connectivity index (χ4n) is 2.98. The SMILES string of the molecule is COc1cc(/C=C2\N=C(c3ccc(I)c(Br)c3)OC2=O)cc(I)c1OC(=O)c1ccc(Cl)cc1. The van der Waals surface area contributed by atoms with Gasteiger partial charge in [-0.2, -0.15) is 0 Å². The molecule has 0 aliphatic carbocycles.